The molecule has 1 heterocycles. The van der Waals surface area contributed by atoms with Gasteiger partial charge in [0.25, 0.3) is 0 Å². The van der Waals surface area contributed by atoms with Crippen LogP contribution in [0.2, 0.25) is 0 Å². The van der Waals surface area contributed by atoms with Gasteiger partial charge in [-0.05, 0) is 43.7 Å². The minimum atomic E-state index is 0.356. The summed E-state index contributed by atoms with van der Waals surface area (Å²) in [5.74, 6) is 1.65. The van der Waals surface area contributed by atoms with Gasteiger partial charge in [-0.2, -0.15) is 0 Å². The maximum Gasteiger partial charge on any atom is 0.0570 e. The van der Waals surface area contributed by atoms with Gasteiger partial charge in [0, 0.05) is 18.3 Å². The van der Waals surface area contributed by atoms with Crippen molar-refractivity contribution < 1.29 is 0 Å². The number of pyridine rings is 1. The monoisotopic (exact) mass is 232 g/mol. The normalized spacial score (nSPS) is 31.1. The molecular weight excluding hydrogens is 208 g/mol. The summed E-state index contributed by atoms with van der Waals surface area (Å²) in [5, 5.41) is 3.75. The molecule has 0 spiro atoms. The highest BCUT2D eigenvalue weighted by molar-refractivity contribution is 5.08. The molecule has 1 aliphatic carbocycles. The predicted octanol–water partition coefficient (Wildman–Crippen LogP) is 3.56. The zero-order chi connectivity index (χ0) is 12.3. The van der Waals surface area contributed by atoms with Gasteiger partial charge >= 0.3 is 0 Å². The molecule has 1 aromatic heterocycles. The third-order valence-corrected chi connectivity index (χ3v) is 4.05. The van der Waals surface area contributed by atoms with Crippen LogP contribution in [0.1, 0.15) is 51.8 Å². The van der Waals surface area contributed by atoms with E-state index in [1.807, 2.05) is 12.3 Å². The number of hydrogen-bond acceptors (Lipinski definition) is 2. The third-order valence-electron chi connectivity index (χ3n) is 4.05. The molecule has 1 aliphatic rings. The van der Waals surface area contributed by atoms with Gasteiger partial charge in [0.2, 0.25) is 0 Å². The Balaban J connectivity index is 1.96. The van der Waals surface area contributed by atoms with E-state index in [2.05, 4.69) is 43.2 Å². The molecule has 2 nitrogen and oxygen atoms in total. The zero-order valence-electron chi connectivity index (χ0n) is 11.2. The quantitative estimate of drug-likeness (QED) is 0.862. The molecule has 17 heavy (non-hydrogen) atoms. The molecule has 0 bridgehead atoms. The molecule has 1 fully saturated rings. The van der Waals surface area contributed by atoms with Crippen LogP contribution in [0.3, 0.4) is 0 Å². The molecule has 0 aromatic carbocycles. The minimum Gasteiger partial charge on any atom is -0.306 e. The van der Waals surface area contributed by atoms with E-state index in [4.69, 9.17) is 0 Å². The molecule has 0 saturated heterocycles. The first kappa shape index (κ1) is 12.6. The molecule has 4 atom stereocenters. The average Bonchev–Trinajstić information content (AvgIpc) is 2.35. The first-order chi connectivity index (χ1) is 8.16. The topological polar surface area (TPSA) is 24.9 Å². The van der Waals surface area contributed by atoms with Crippen LogP contribution in [0.25, 0.3) is 0 Å². The van der Waals surface area contributed by atoms with E-state index in [1.165, 1.54) is 19.3 Å². The molecule has 94 valence electrons. The fourth-order valence-electron chi connectivity index (χ4n) is 2.80. The average molecular weight is 232 g/mol. The second-order valence-electron chi connectivity index (χ2n) is 5.64. The SMILES string of the molecule is CC1CCC(C)C(N[C@H](C)c2ccccn2)C1. The summed E-state index contributed by atoms with van der Waals surface area (Å²) in [6, 6.07) is 7.15. The summed E-state index contributed by atoms with van der Waals surface area (Å²) in [5.41, 5.74) is 1.15. The summed E-state index contributed by atoms with van der Waals surface area (Å²) < 4.78 is 0. The van der Waals surface area contributed by atoms with Gasteiger partial charge in [-0.3, -0.25) is 4.98 Å². The molecule has 1 saturated carbocycles. The second kappa shape index (κ2) is 5.63. The molecular formula is C15H24N2. The van der Waals surface area contributed by atoms with Crippen molar-refractivity contribution in [1.29, 1.82) is 0 Å². The number of nitrogens with zero attached hydrogens (tertiary/aromatic N) is 1. The van der Waals surface area contributed by atoms with Crippen molar-refractivity contribution in [2.75, 3.05) is 0 Å². The van der Waals surface area contributed by atoms with Crippen molar-refractivity contribution in [1.82, 2.24) is 10.3 Å². The highest BCUT2D eigenvalue weighted by atomic mass is 15.0. The molecule has 2 heteroatoms. The van der Waals surface area contributed by atoms with E-state index < -0.39 is 0 Å². The van der Waals surface area contributed by atoms with Crippen molar-refractivity contribution in [3.05, 3.63) is 30.1 Å². The summed E-state index contributed by atoms with van der Waals surface area (Å²) in [7, 11) is 0. The molecule has 2 rings (SSSR count). The van der Waals surface area contributed by atoms with E-state index in [-0.39, 0.29) is 0 Å². The van der Waals surface area contributed by atoms with Crippen LogP contribution in [-0.2, 0) is 0 Å². The Bertz CT molecular complexity index is 336. The minimum absolute atomic E-state index is 0.356. The van der Waals surface area contributed by atoms with Crippen LogP contribution >= 0.6 is 0 Å². The van der Waals surface area contributed by atoms with Crippen LogP contribution in [0.15, 0.2) is 24.4 Å². The molecule has 0 radical (unpaired) electrons. The predicted molar refractivity (Wildman–Crippen MR) is 71.8 cm³/mol. The molecule has 1 N–H and O–H groups in total. The molecule has 1 aromatic rings. The van der Waals surface area contributed by atoms with Crippen LogP contribution in [0.5, 0.6) is 0 Å². The number of aromatic nitrogens is 1. The highest BCUT2D eigenvalue weighted by Crippen LogP contribution is 2.29. The maximum absolute atomic E-state index is 4.43. The second-order valence-corrected chi connectivity index (χ2v) is 5.64. The Kier molecular flexibility index (Phi) is 4.16. The number of hydrogen-bond donors (Lipinski definition) is 1. The van der Waals surface area contributed by atoms with Crippen molar-refractivity contribution in [2.45, 2.75) is 52.1 Å². The van der Waals surface area contributed by atoms with Gasteiger partial charge in [-0.25, -0.2) is 0 Å². The van der Waals surface area contributed by atoms with E-state index in [9.17, 15) is 0 Å². The third kappa shape index (κ3) is 3.29. The summed E-state index contributed by atoms with van der Waals surface area (Å²) in [6.45, 7) is 6.95. The summed E-state index contributed by atoms with van der Waals surface area (Å²) >= 11 is 0. The van der Waals surface area contributed by atoms with Crippen LogP contribution in [0.4, 0.5) is 0 Å². The molecule has 3 unspecified atom stereocenters. The molecule has 0 aliphatic heterocycles. The Labute approximate surface area is 105 Å². The van der Waals surface area contributed by atoms with E-state index in [1.54, 1.807) is 0 Å². The Morgan fingerprint density at radius 3 is 2.82 bits per heavy atom. The lowest BCUT2D eigenvalue weighted by molar-refractivity contribution is 0.215. The van der Waals surface area contributed by atoms with Gasteiger partial charge in [0.1, 0.15) is 0 Å². The van der Waals surface area contributed by atoms with Gasteiger partial charge in [0.15, 0.2) is 0 Å². The number of nitrogens with one attached hydrogen (secondary N) is 1. The van der Waals surface area contributed by atoms with E-state index >= 15 is 0 Å². The Morgan fingerprint density at radius 1 is 1.29 bits per heavy atom. The maximum atomic E-state index is 4.43. The first-order valence-corrected chi connectivity index (χ1v) is 6.83. The van der Waals surface area contributed by atoms with Gasteiger partial charge in [-0.1, -0.05) is 26.3 Å². The van der Waals surface area contributed by atoms with Crippen LogP contribution in [-0.4, -0.2) is 11.0 Å². The van der Waals surface area contributed by atoms with Crippen LogP contribution < -0.4 is 5.32 Å². The van der Waals surface area contributed by atoms with Gasteiger partial charge < -0.3 is 5.32 Å². The van der Waals surface area contributed by atoms with Crippen molar-refractivity contribution >= 4 is 0 Å². The van der Waals surface area contributed by atoms with Crippen molar-refractivity contribution in [2.24, 2.45) is 11.8 Å². The highest BCUT2D eigenvalue weighted by Gasteiger charge is 2.26. The van der Waals surface area contributed by atoms with Gasteiger partial charge in [0.05, 0.1) is 5.69 Å². The first-order valence-electron chi connectivity index (χ1n) is 6.83. The largest absolute Gasteiger partial charge is 0.306 e. The van der Waals surface area contributed by atoms with Crippen molar-refractivity contribution in [3.8, 4) is 0 Å². The lowest BCUT2D eigenvalue weighted by Crippen LogP contribution is -2.40. The van der Waals surface area contributed by atoms with Gasteiger partial charge in [-0.15, -0.1) is 0 Å². The summed E-state index contributed by atoms with van der Waals surface area (Å²) in [6.07, 6.45) is 5.92. The smallest absolute Gasteiger partial charge is 0.0570 e. The van der Waals surface area contributed by atoms with Crippen molar-refractivity contribution in [3.63, 3.8) is 0 Å². The summed E-state index contributed by atoms with van der Waals surface area (Å²) in [4.78, 5) is 4.43. The lowest BCUT2D eigenvalue weighted by atomic mass is 9.80. The fraction of sp³-hybridized carbons (Fsp3) is 0.667. The van der Waals surface area contributed by atoms with E-state index in [0.717, 1.165) is 17.5 Å². The lowest BCUT2D eigenvalue weighted by Gasteiger charge is -2.35. The standard InChI is InChI=1S/C15H24N2/c1-11-7-8-12(2)15(10-11)17-13(3)14-6-4-5-9-16-14/h4-6,9,11-13,15,17H,7-8,10H2,1-3H3/t11?,12?,13-,15?/m1/s1. The van der Waals surface area contributed by atoms with E-state index in [0.29, 0.717) is 12.1 Å². The molecule has 0 amide bonds. The zero-order valence-corrected chi connectivity index (χ0v) is 11.2. The Morgan fingerprint density at radius 2 is 2.12 bits per heavy atom. The van der Waals surface area contributed by atoms with Crippen LogP contribution in [0, 0.1) is 11.8 Å². The fourth-order valence-corrected chi connectivity index (χ4v) is 2.80. The Hall–Kier alpha value is -0.890. The number of rotatable bonds is 3.